The maximum Gasteiger partial charge on any atom is 0.417 e. The molecule has 2 N–H and O–H groups in total. The zero-order valence-electron chi connectivity index (χ0n) is 20.5. The van der Waals surface area contributed by atoms with Crippen LogP contribution in [0.3, 0.4) is 0 Å². The highest BCUT2D eigenvalue weighted by Gasteiger charge is 2.51. The van der Waals surface area contributed by atoms with Gasteiger partial charge in [0.05, 0.1) is 35.1 Å². The number of benzene rings is 2. The first-order valence-electron chi connectivity index (χ1n) is 11.2. The first kappa shape index (κ1) is 29.0. The third kappa shape index (κ3) is 5.20. The number of aliphatic hydroxyl groups excluding tert-OH is 1. The molecular formula is C25H23F4N3O5S. The highest BCUT2D eigenvalue weighted by atomic mass is 32.1. The molecule has 0 bridgehead atoms. The molecule has 38 heavy (non-hydrogen) atoms. The third-order valence-electron chi connectivity index (χ3n) is 6.21. The Morgan fingerprint density at radius 3 is 2.34 bits per heavy atom. The molecule has 0 aliphatic carbocycles. The first-order valence-corrected chi connectivity index (χ1v) is 11.6. The predicted molar refractivity (Wildman–Crippen MR) is 132 cm³/mol. The van der Waals surface area contributed by atoms with E-state index in [1.54, 1.807) is 6.92 Å². The van der Waals surface area contributed by atoms with Gasteiger partial charge in [-0.05, 0) is 68.9 Å². The Morgan fingerprint density at radius 1 is 1.18 bits per heavy atom. The molecule has 2 aromatic rings. The number of rotatable bonds is 7. The van der Waals surface area contributed by atoms with Crippen molar-refractivity contribution >= 4 is 40.6 Å². The lowest BCUT2D eigenvalue weighted by Crippen LogP contribution is -2.44. The zero-order valence-corrected chi connectivity index (χ0v) is 21.3. The summed E-state index contributed by atoms with van der Waals surface area (Å²) in [5.41, 5.74) is -5.69. The van der Waals surface area contributed by atoms with Crippen molar-refractivity contribution in [3.05, 3.63) is 58.9 Å². The van der Waals surface area contributed by atoms with Gasteiger partial charge in [0.1, 0.15) is 23.6 Å². The molecule has 1 aliphatic rings. The number of hydrogen-bond donors (Lipinski definition) is 2. The molecule has 0 aromatic heterocycles. The van der Waals surface area contributed by atoms with Crippen molar-refractivity contribution in [1.29, 1.82) is 5.26 Å². The molecule has 1 fully saturated rings. The molecule has 2 aromatic carbocycles. The first-order chi connectivity index (χ1) is 17.6. The Labute approximate surface area is 220 Å². The summed E-state index contributed by atoms with van der Waals surface area (Å²) in [6.07, 6.45) is -4.79. The second kappa shape index (κ2) is 10.3. The summed E-state index contributed by atoms with van der Waals surface area (Å²) < 4.78 is 60.4. The van der Waals surface area contributed by atoms with Gasteiger partial charge in [-0.2, -0.15) is 18.4 Å². The number of esters is 1. The van der Waals surface area contributed by atoms with E-state index in [1.165, 1.54) is 30.9 Å². The van der Waals surface area contributed by atoms with Crippen molar-refractivity contribution < 1.29 is 42.1 Å². The zero-order chi connectivity index (χ0) is 28.6. The average Bonchev–Trinajstić information content (AvgIpc) is 3.04. The Hall–Kier alpha value is -3.60. The molecule has 1 amide bonds. The van der Waals surface area contributed by atoms with E-state index < -0.39 is 64.9 Å². The number of carbonyl (C=O) groups is 2. The van der Waals surface area contributed by atoms with Gasteiger partial charge in [0.25, 0.3) is 5.91 Å². The Bertz CT molecular complexity index is 1340. The van der Waals surface area contributed by atoms with Crippen LogP contribution >= 0.6 is 12.2 Å². The Kier molecular flexibility index (Phi) is 7.84. The number of amides is 1. The molecular weight excluding hydrogens is 530 g/mol. The van der Waals surface area contributed by atoms with Crippen molar-refractivity contribution in [3.63, 3.8) is 0 Å². The molecule has 0 radical (unpaired) electrons. The van der Waals surface area contributed by atoms with Crippen LogP contribution in [0.5, 0.6) is 0 Å². The van der Waals surface area contributed by atoms with E-state index in [1.807, 2.05) is 0 Å². The summed E-state index contributed by atoms with van der Waals surface area (Å²) in [7, 11) is 0. The minimum atomic E-state index is -4.86. The number of nitriles is 1. The maximum absolute atomic E-state index is 15.0. The number of aliphatic hydroxyl groups is 2. The van der Waals surface area contributed by atoms with Crippen LogP contribution in [-0.2, 0) is 15.7 Å². The van der Waals surface area contributed by atoms with E-state index in [2.05, 4.69) is 0 Å². The number of carbonyl (C=O) groups excluding carboxylic acids is 2. The molecule has 1 atom stereocenters. The molecule has 0 saturated carbocycles. The van der Waals surface area contributed by atoms with Crippen molar-refractivity contribution in [2.45, 2.75) is 44.5 Å². The average molecular weight is 554 g/mol. The van der Waals surface area contributed by atoms with Crippen LogP contribution in [0.25, 0.3) is 0 Å². The van der Waals surface area contributed by atoms with Crippen LogP contribution < -0.4 is 9.80 Å². The minimum absolute atomic E-state index is 0.0370. The summed E-state index contributed by atoms with van der Waals surface area (Å²) in [4.78, 5) is 27.7. The fourth-order valence-corrected chi connectivity index (χ4v) is 4.33. The van der Waals surface area contributed by atoms with E-state index in [0.29, 0.717) is 6.07 Å². The van der Waals surface area contributed by atoms with E-state index >= 15 is 0 Å². The summed E-state index contributed by atoms with van der Waals surface area (Å²) in [5.74, 6) is -2.85. The van der Waals surface area contributed by atoms with Crippen LogP contribution in [0.2, 0.25) is 0 Å². The lowest BCUT2D eigenvalue weighted by Gasteiger charge is -2.29. The summed E-state index contributed by atoms with van der Waals surface area (Å²) >= 11 is 5.41. The number of nitrogens with zero attached hydrogens (tertiary/aromatic N) is 3. The second-order valence-electron chi connectivity index (χ2n) is 9.13. The van der Waals surface area contributed by atoms with Gasteiger partial charge in [-0.1, -0.05) is 6.92 Å². The predicted octanol–water partition coefficient (Wildman–Crippen LogP) is 3.92. The van der Waals surface area contributed by atoms with Crippen LogP contribution in [0.1, 0.15) is 48.7 Å². The number of anilines is 2. The number of alkyl halides is 3. The maximum atomic E-state index is 15.0. The fourth-order valence-electron chi connectivity index (χ4n) is 3.81. The van der Waals surface area contributed by atoms with Crippen LogP contribution in [0, 0.1) is 17.1 Å². The Balaban J connectivity index is 1.95. The van der Waals surface area contributed by atoms with Gasteiger partial charge in [0.15, 0.2) is 5.11 Å². The van der Waals surface area contributed by atoms with Crippen molar-refractivity contribution in [3.8, 4) is 6.07 Å². The van der Waals surface area contributed by atoms with Crippen molar-refractivity contribution in [2.24, 2.45) is 0 Å². The van der Waals surface area contributed by atoms with Gasteiger partial charge in [-0.25, -0.2) is 9.18 Å². The number of ether oxygens (including phenoxy) is 1. The molecule has 3 rings (SSSR count). The molecule has 202 valence electrons. The summed E-state index contributed by atoms with van der Waals surface area (Å²) in [5, 5.41) is 28.1. The molecule has 1 saturated heterocycles. The highest BCUT2D eigenvalue weighted by Crippen LogP contribution is 2.40. The fraction of sp³-hybridized carbons (Fsp3) is 0.360. The van der Waals surface area contributed by atoms with E-state index in [4.69, 9.17) is 22.2 Å². The molecule has 13 heteroatoms. The highest BCUT2D eigenvalue weighted by molar-refractivity contribution is 7.81. The molecule has 1 unspecified atom stereocenters. The Morgan fingerprint density at radius 2 is 1.82 bits per heavy atom. The lowest BCUT2D eigenvalue weighted by molar-refractivity contribution is -0.137. The largest absolute Gasteiger partial charge is 0.459 e. The van der Waals surface area contributed by atoms with E-state index in [-0.39, 0.29) is 22.9 Å². The van der Waals surface area contributed by atoms with E-state index in [0.717, 1.165) is 29.2 Å². The van der Waals surface area contributed by atoms with Crippen molar-refractivity contribution in [2.75, 3.05) is 23.0 Å². The van der Waals surface area contributed by atoms with Crippen LogP contribution in [0.4, 0.5) is 28.9 Å². The smallest absolute Gasteiger partial charge is 0.417 e. The monoisotopic (exact) mass is 553 g/mol. The number of thiocarbonyl (C=S) groups is 1. The topological polar surface area (TPSA) is 114 Å². The van der Waals surface area contributed by atoms with Gasteiger partial charge < -0.3 is 19.8 Å². The van der Waals surface area contributed by atoms with Crippen LogP contribution in [-0.4, -0.2) is 51.6 Å². The van der Waals surface area contributed by atoms with Gasteiger partial charge in [0.2, 0.25) is 0 Å². The number of halogens is 4. The molecule has 1 heterocycles. The van der Waals surface area contributed by atoms with Gasteiger partial charge in [-0.3, -0.25) is 9.69 Å². The number of hydrogen-bond acceptors (Lipinski definition) is 7. The standard InChI is InChI=1S/C25H23F4N3O5S/c1-4-24(36,12-33)13-37-20(34)17-8-7-16(10-19(17)26)32-22(38)31(21(35)23(32,2)3)15-6-5-14(11-30)18(9-15)25(27,28)29/h5-10,33,36H,4,12-13H2,1-3H3. The normalized spacial score (nSPS) is 16.8. The quantitative estimate of drug-likeness (QED) is 0.301. The van der Waals surface area contributed by atoms with Gasteiger partial charge in [0, 0.05) is 5.69 Å². The van der Waals surface area contributed by atoms with Crippen molar-refractivity contribution in [1.82, 2.24) is 0 Å². The lowest BCUT2D eigenvalue weighted by atomic mass is 10.0. The SMILES string of the molecule is CCC(O)(CO)COC(=O)c1ccc(N2C(=S)N(c3ccc(C#N)c(C(F)(F)F)c3)C(=O)C2(C)C)cc1F. The second-order valence-corrected chi connectivity index (χ2v) is 9.50. The van der Waals surface area contributed by atoms with E-state index in [9.17, 15) is 37.4 Å². The third-order valence-corrected chi connectivity index (χ3v) is 6.58. The van der Waals surface area contributed by atoms with Crippen LogP contribution in [0.15, 0.2) is 36.4 Å². The molecule has 8 nitrogen and oxygen atoms in total. The summed E-state index contributed by atoms with van der Waals surface area (Å²) in [6, 6.07) is 7.47. The minimum Gasteiger partial charge on any atom is -0.459 e. The summed E-state index contributed by atoms with van der Waals surface area (Å²) in [6.45, 7) is 3.20. The molecule has 1 aliphatic heterocycles. The van der Waals surface area contributed by atoms with Gasteiger partial charge in [-0.15, -0.1) is 0 Å². The van der Waals surface area contributed by atoms with Gasteiger partial charge >= 0.3 is 12.1 Å². The molecule has 0 spiro atoms.